The van der Waals surface area contributed by atoms with Crippen molar-refractivity contribution in [1.29, 1.82) is 0 Å². The van der Waals surface area contributed by atoms with Crippen molar-refractivity contribution < 1.29 is 9.53 Å². The number of rotatable bonds is 2. The number of nitrogens with zero attached hydrogens (tertiary/aromatic N) is 1. The molecular weight excluding hydrogens is 357 g/mol. The largest absolute Gasteiger partial charge is 0.402 e. The first-order valence-electron chi connectivity index (χ1n) is 7.58. The second-order valence-corrected chi connectivity index (χ2v) is 6.31. The normalized spacial score (nSPS) is 15.5. The lowest BCUT2D eigenvalue weighted by atomic mass is 10.0. The van der Waals surface area contributed by atoms with Crippen LogP contribution < -0.4 is 0 Å². The molecule has 0 atom stereocenters. The number of halogens is 2. The van der Waals surface area contributed by atoms with Crippen LogP contribution in [0.4, 0.5) is 0 Å². The fourth-order valence-corrected chi connectivity index (χ4v) is 3.23. The molecular formula is C20H11Cl2NO2. The number of cyclic esters (lactones) is 1. The number of hydrogen-bond acceptors (Lipinski definition) is 3. The highest BCUT2D eigenvalue weighted by Gasteiger charge is 2.25. The van der Waals surface area contributed by atoms with Crippen molar-refractivity contribution >= 4 is 51.9 Å². The van der Waals surface area contributed by atoms with E-state index in [0.717, 1.165) is 16.3 Å². The van der Waals surface area contributed by atoms with Crippen molar-refractivity contribution in [3.05, 3.63) is 87.5 Å². The topological polar surface area (TPSA) is 38.7 Å². The summed E-state index contributed by atoms with van der Waals surface area (Å²) >= 11 is 12.3. The Balaban J connectivity index is 1.82. The molecule has 5 heteroatoms. The molecule has 1 aliphatic heterocycles. The summed E-state index contributed by atoms with van der Waals surface area (Å²) in [5, 5.41) is 2.90. The minimum Gasteiger partial charge on any atom is -0.402 e. The minimum absolute atomic E-state index is 0.165. The maximum Gasteiger partial charge on any atom is 0.363 e. The van der Waals surface area contributed by atoms with Crippen molar-refractivity contribution in [2.75, 3.05) is 0 Å². The van der Waals surface area contributed by atoms with E-state index >= 15 is 0 Å². The zero-order valence-electron chi connectivity index (χ0n) is 12.9. The summed E-state index contributed by atoms with van der Waals surface area (Å²) in [5.74, 6) is -0.254. The van der Waals surface area contributed by atoms with Crippen LogP contribution >= 0.6 is 23.2 Å². The van der Waals surface area contributed by atoms with Crippen LogP contribution in [-0.2, 0) is 9.53 Å². The monoisotopic (exact) mass is 367 g/mol. The Morgan fingerprint density at radius 2 is 1.56 bits per heavy atom. The van der Waals surface area contributed by atoms with E-state index in [2.05, 4.69) is 4.99 Å². The molecule has 4 rings (SSSR count). The minimum atomic E-state index is -0.529. The van der Waals surface area contributed by atoms with E-state index in [-0.39, 0.29) is 11.6 Å². The van der Waals surface area contributed by atoms with E-state index in [1.165, 1.54) is 0 Å². The molecule has 0 spiro atoms. The lowest BCUT2D eigenvalue weighted by Gasteiger charge is -2.04. The number of ether oxygens (including phenoxy) is 1. The zero-order chi connectivity index (χ0) is 17.4. The van der Waals surface area contributed by atoms with Crippen LogP contribution in [0.3, 0.4) is 0 Å². The predicted molar refractivity (Wildman–Crippen MR) is 101 cm³/mol. The third kappa shape index (κ3) is 2.93. The lowest BCUT2D eigenvalue weighted by molar-refractivity contribution is -0.129. The van der Waals surface area contributed by atoms with Crippen molar-refractivity contribution in [3.63, 3.8) is 0 Å². The SMILES string of the molecule is O=C1OC(c2cccc3ccccc23)=N/C1=C\c1c(Cl)cccc1Cl. The Labute approximate surface area is 154 Å². The quantitative estimate of drug-likeness (QED) is 0.443. The van der Waals surface area contributed by atoms with Crippen LogP contribution in [0.1, 0.15) is 11.1 Å². The molecule has 0 saturated carbocycles. The van der Waals surface area contributed by atoms with Crippen LogP contribution in [0.15, 0.2) is 71.4 Å². The summed E-state index contributed by atoms with van der Waals surface area (Å²) in [5.41, 5.74) is 1.47. The van der Waals surface area contributed by atoms with Gasteiger partial charge in [-0.25, -0.2) is 9.79 Å². The maximum atomic E-state index is 12.2. The first-order valence-corrected chi connectivity index (χ1v) is 8.34. The Kier molecular flexibility index (Phi) is 4.04. The van der Waals surface area contributed by atoms with Gasteiger partial charge >= 0.3 is 5.97 Å². The van der Waals surface area contributed by atoms with Crippen LogP contribution in [0, 0.1) is 0 Å². The average molecular weight is 368 g/mol. The van der Waals surface area contributed by atoms with Crippen molar-refractivity contribution in [2.24, 2.45) is 4.99 Å². The second-order valence-electron chi connectivity index (χ2n) is 5.50. The number of carbonyl (C=O) groups excluding carboxylic acids is 1. The highest BCUT2D eigenvalue weighted by molar-refractivity contribution is 6.37. The highest BCUT2D eigenvalue weighted by Crippen LogP contribution is 2.29. The molecule has 0 radical (unpaired) electrons. The molecule has 0 amide bonds. The van der Waals surface area contributed by atoms with E-state index in [4.69, 9.17) is 27.9 Å². The third-order valence-corrected chi connectivity index (χ3v) is 4.58. The van der Waals surface area contributed by atoms with Gasteiger partial charge in [-0.05, 0) is 35.0 Å². The third-order valence-electron chi connectivity index (χ3n) is 3.92. The summed E-state index contributed by atoms with van der Waals surface area (Å²) in [6, 6.07) is 18.8. The first-order chi connectivity index (χ1) is 12.1. The molecule has 0 bridgehead atoms. The summed E-state index contributed by atoms with van der Waals surface area (Å²) in [6.07, 6.45) is 1.55. The van der Waals surface area contributed by atoms with Gasteiger partial charge in [-0.1, -0.05) is 65.7 Å². The summed E-state index contributed by atoms with van der Waals surface area (Å²) < 4.78 is 5.38. The van der Waals surface area contributed by atoms with E-state index in [9.17, 15) is 4.79 Å². The number of esters is 1. The molecule has 0 aromatic heterocycles. The number of benzene rings is 3. The molecule has 1 heterocycles. The fraction of sp³-hybridized carbons (Fsp3) is 0. The number of aliphatic imine (C=N–C) groups is 1. The van der Waals surface area contributed by atoms with Crippen LogP contribution in [0.5, 0.6) is 0 Å². The molecule has 3 aromatic carbocycles. The van der Waals surface area contributed by atoms with Gasteiger partial charge in [0.15, 0.2) is 5.70 Å². The van der Waals surface area contributed by atoms with Gasteiger partial charge in [0, 0.05) is 21.2 Å². The lowest BCUT2D eigenvalue weighted by Crippen LogP contribution is -2.05. The molecule has 122 valence electrons. The molecule has 0 N–H and O–H groups in total. The smallest absolute Gasteiger partial charge is 0.363 e. The second kappa shape index (κ2) is 6.36. The predicted octanol–water partition coefficient (Wildman–Crippen LogP) is 5.49. The van der Waals surface area contributed by atoms with Gasteiger partial charge in [0.05, 0.1) is 0 Å². The summed E-state index contributed by atoms with van der Waals surface area (Å²) in [6.45, 7) is 0. The van der Waals surface area contributed by atoms with Crippen LogP contribution in [-0.4, -0.2) is 11.9 Å². The first kappa shape index (κ1) is 15.9. The number of hydrogen-bond donors (Lipinski definition) is 0. The van der Waals surface area contributed by atoms with Gasteiger partial charge in [-0.3, -0.25) is 0 Å². The highest BCUT2D eigenvalue weighted by atomic mass is 35.5. The van der Waals surface area contributed by atoms with Gasteiger partial charge in [-0.15, -0.1) is 0 Å². The molecule has 25 heavy (non-hydrogen) atoms. The number of fused-ring (bicyclic) bond motifs is 1. The standard InChI is InChI=1S/C20H11Cl2NO2/c21-16-9-4-10-17(22)15(16)11-18-20(24)25-19(23-18)14-8-3-6-12-5-1-2-7-13(12)14/h1-11H/b18-11-. The fourth-order valence-electron chi connectivity index (χ4n) is 2.72. The van der Waals surface area contributed by atoms with Gasteiger partial charge in [0.2, 0.25) is 5.90 Å². The molecule has 1 aliphatic rings. The van der Waals surface area contributed by atoms with Gasteiger partial charge < -0.3 is 4.74 Å². The Morgan fingerprint density at radius 1 is 0.880 bits per heavy atom. The molecule has 0 unspecified atom stereocenters. The summed E-state index contributed by atoms with van der Waals surface area (Å²) in [7, 11) is 0. The Bertz CT molecular complexity index is 1040. The van der Waals surface area contributed by atoms with Crippen molar-refractivity contribution in [1.82, 2.24) is 0 Å². The molecule has 0 fully saturated rings. The Morgan fingerprint density at radius 3 is 2.36 bits per heavy atom. The van der Waals surface area contributed by atoms with Gasteiger partial charge in [0.1, 0.15) is 0 Å². The molecule has 3 aromatic rings. The van der Waals surface area contributed by atoms with E-state index < -0.39 is 5.97 Å². The van der Waals surface area contributed by atoms with Crippen LogP contribution in [0.25, 0.3) is 16.8 Å². The molecule has 0 saturated heterocycles. The molecule has 3 nitrogen and oxygen atoms in total. The number of carbonyl (C=O) groups is 1. The van der Waals surface area contributed by atoms with E-state index in [1.54, 1.807) is 24.3 Å². The van der Waals surface area contributed by atoms with Crippen molar-refractivity contribution in [2.45, 2.75) is 0 Å². The van der Waals surface area contributed by atoms with Crippen molar-refractivity contribution in [3.8, 4) is 0 Å². The Hall–Kier alpha value is -2.62. The van der Waals surface area contributed by atoms with Crippen LogP contribution in [0.2, 0.25) is 10.0 Å². The maximum absolute atomic E-state index is 12.2. The average Bonchev–Trinajstić information content (AvgIpc) is 2.98. The van der Waals surface area contributed by atoms with Gasteiger partial charge in [-0.2, -0.15) is 0 Å². The molecule has 0 aliphatic carbocycles. The zero-order valence-corrected chi connectivity index (χ0v) is 14.4. The summed E-state index contributed by atoms with van der Waals surface area (Å²) in [4.78, 5) is 16.6. The van der Waals surface area contributed by atoms with E-state index in [1.807, 2.05) is 42.5 Å². The van der Waals surface area contributed by atoms with E-state index in [0.29, 0.717) is 15.6 Å². The van der Waals surface area contributed by atoms with Gasteiger partial charge in [0.25, 0.3) is 0 Å².